The van der Waals surface area contributed by atoms with Crippen LogP contribution in [0.4, 0.5) is 0 Å². The number of esters is 1. The van der Waals surface area contributed by atoms with E-state index in [9.17, 15) is 9.59 Å². The molecule has 110 valence electrons. The number of carbonyl (C=O) groups is 2. The van der Waals surface area contributed by atoms with E-state index >= 15 is 0 Å². The lowest BCUT2D eigenvalue weighted by Gasteiger charge is -1.97. The zero-order valence-corrected chi connectivity index (χ0v) is 11.8. The SMILES string of the molecule is COC(=O)CCC(=O)c1cc(-c2cc(C3CC3)[nH]n2)c[nH]1. The van der Waals surface area contributed by atoms with Crippen LogP contribution in [0.5, 0.6) is 0 Å². The van der Waals surface area contributed by atoms with E-state index in [0.29, 0.717) is 11.6 Å². The molecule has 3 rings (SSSR count). The molecule has 0 aliphatic heterocycles. The molecule has 6 nitrogen and oxygen atoms in total. The first kappa shape index (κ1) is 13.6. The molecule has 1 aliphatic rings. The summed E-state index contributed by atoms with van der Waals surface area (Å²) in [7, 11) is 1.31. The zero-order chi connectivity index (χ0) is 14.8. The molecular formula is C15H17N3O3. The molecule has 0 aromatic carbocycles. The van der Waals surface area contributed by atoms with Crippen LogP contribution in [0.1, 0.15) is 47.8 Å². The van der Waals surface area contributed by atoms with Crippen molar-refractivity contribution in [2.45, 2.75) is 31.6 Å². The molecule has 0 radical (unpaired) electrons. The number of ketones is 1. The van der Waals surface area contributed by atoms with Crippen molar-refractivity contribution in [3.05, 3.63) is 29.7 Å². The first-order valence-electron chi connectivity index (χ1n) is 7.01. The maximum atomic E-state index is 12.0. The third-order valence-electron chi connectivity index (χ3n) is 3.68. The van der Waals surface area contributed by atoms with E-state index in [1.54, 1.807) is 12.3 Å². The van der Waals surface area contributed by atoms with Crippen LogP contribution in [0.3, 0.4) is 0 Å². The van der Waals surface area contributed by atoms with Gasteiger partial charge in [-0.3, -0.25) is 14.7 Å². The molecule has 0 bridgehead atoms. The van der Waals surface area contributed by atoms with Crippen molar-refractivity contribution in [1.82, 2.24) is 15.2 Å². The molecule has 21 heavy (non-hydrogen) atoms. The molecule has 6 heteroatoms. The van der Waals surface area contributed by atoms with E-state index in [4.69, 9.17) is 0 Å². The largest absolute Gasteiger partial charge is 0.469 e. The quantitative estimate of drug-likeness (QED) is 0.631. The highest BCUT2D eigenvalue weighted by atomic mass is 16.5. The van der Waals surface area contributed by atoms with E-state index in [1.165, 1.54) is 20.0 Å². The van der Waals surface area contributed by atoms with E-state index in [2.05, 4.69) is 19.9 Å². The fraction of sp³-hybridized carbons (Fsp3) is 0.400. The van der Waals surface area contributed by atoms with E-state index in [-0.39, 0.29) is 24.6 Å². The summed E-state index contributed by atoms with van der Waals surface area (Å²) in [4.78, 5) is 26.0. The van der Waals surface area contributed by atoms with Gasteiger partial charge in [0.1, 0.15) is 0 Å². The summed E-state index contributed by atoms with van der Waals surface area (Å²) < 4.78 is 4.53. The van der Waals surface area contributed by atoms with Crippen LogP contribution >= 0.6 is 0 Å². The number of hydrogen-bond donors (Lipinski definition) is 2. The third kappa shape index (κ3) is 3.04. The van der Waals surface area contributed by atoms with Crippen LogP contribution in [0.25, 0.3) is 11.3 Å². The Balaban J connectivity index is 1.67. The van der Waals surface area contributed by atoms with Gasteiger partial charge in [-0.25, -0.2) is 0 Å². The second kappa shape index (κ2) is 5.55. The van der Waals surface area contributed by atoms with Crippen molar-refractivity contribution in [2.24, 2.45) is 0 Å². The molecule has 2 aromatic heterocycles. The third-order valence-corrected chi connectivity index (χ3v) is 3.68. The van der Waals surface area contributed by atoms with Gasteiger partial charge in [-0.05, 0) is 25.0 Å². The number of methoxy groups -OCH3 is 1. The lowest BCUT2D eigenvalue weighted by Crippen LogP contribution is -2.06. The van der Waals surface area contributed by atoms with E-state index in [1.807, 2.05) is 6.07 Å². The summed E-state index contributed by atoms with van der Waals surface area (Å²) in [5.74, 6) is 0.132. The molecule has 0 atom stereocenters. The maximum absolute atomic E-state index is 12.0. The molecule has 0 unspecified atom stereocenters. The lowest BCUT2D eigenvalue weighted by atomic mass is 10.1. The molecule has 0 saturated heterocycles. The molecule has 0 spiro atoms. The number of nitrogens with one attached hydrogen (secondary N) is 2. The van der Waals surface area contributed by atoms with Crippen molar-refractivity contribution >= 4 is 11.8 Å². The van der Waals surface area contributed by atoms with Gasteiger partial charge in [0.25, 0.3) is 0 Å². The lowest BCUT2D eigenvalue weighted by molar-refractivity contribution is -0.140. The Bertz CT molecular complexity index is 667. The molecule has 1 fully saturated rings. The molecule has 1 saturated carbocycles. The first-order valence-corrected chi connectivity index (χ1v) is 7.01. The van der Waals surface area contributed by atoms with Gasteiger partial charge in [0.05, 0.1) is 24.9 Å². The number of nitrogens with zero attached hydrogens (tertiary/aromatic N) is 1. The van der Waals surface area contributed by atoms with Crippen LogP contribution in [0, 0.1) is 0 Å². The number of carbonyl (C=O) groups excluding carboxylic acids is 2. The smallest absolute Gasteiger partial charge is 0.305 e. The number of aromatic amines is 2. The highest BCUT2D eigenvalue weighted by molar-refractivity contribution is 5.97. The van der Waals surface area contributed by atoms with Crippen molar-refractivity contribution in [3.8, 4) is 11.3 Å². The minimum atomic E-state index is -0.378. The van der Waals surface area contributed by atoms with Gasteiger partial charge >= 0.3 is 5.97 Å². The van der Waals surface area contributed by atoms with Gasteiger partial charge in [-0.2, -0.15) is 5.10 Å². The standard InChI is InChI=1S/C15H17N3O3/c1-21-15(20)5-4-14(19)13-6-10(8-16-13)12-7-11(17-18-12)9-2-3-9/h6-9,16H,2-5H2,1H3,(H,17,18). The number of rotatable bonds is 6. The number of H-pyrrole nitrogens is 2. The summed E-state index contributed by atoms with van der Waals surface area (Å²) in [5.41, 5.74) is 3.36. The normalized spacial score (nSPS) is 14.1. The Morgan fingerprint density at radius 2 is 2.14 bits per heavy atom. The number of hydrogen-bond acceptors (Lipinski definition) is 4. The van der Waals surface area contributed by atoms with E-state index in [0.717, 1.165) is 17.0 Å². The summed E-state index contributed by atoms with van der Waals surface area (Å²) in [6, 6.07) is 3.80. The molecular weight excluding hydrogens is 270 g/mol. The second-order valence-corrected chi connectivity index (χ2v) is 5.28. The fourth-order valence-electron chi connectivity index (χ4n) is 2.24. The molecule has 2 N–H and O–H groups in total. The summed E-state index contributed by atoms with van der Waals surface area (Å²) in [6.07, 6.45) is 4.43. The first-order chi connectivity index (χ1) is 10.2. The Kier molecular flexibility index (Phi) is 3.60. The van der Waals surface area contributed by atoms with Crippen molar-refractivity contribution in [1.29, 1.82) is 0 Å². The minimum Gasteiger partial charge on any atom is -0.469 e. The number of Topliss-reactive ketones (excluding diaryl/α,β-unsaturated/α-hetero) is 1. The van der Waals surface area contributed by atoms with Crippen LogP contribution in [-0.2, 0) is 9.53 Å². The topological polar surface area (TPSA) is 87.8 Å². The van der Waals surface area contributed by atoms with Gasteiger partial charge in [0.15, 0.2) is 5.78 Å². The molecule has 0 amide bonds. The zero-order valence-electron chi connectivity index (χ0n) is 11.8. The van der Waals surface area contributed by atoms with Crippen LogP contribution < -0.4 is 0 Å². The van der Waals surface area contributed by atoms with Crippen molar-refractivity contribution in [2.75, 3.05) is 7.11 Å². The Morgan fingerprint density at radius 3 is 2.86 bits per heavy atom. The predicted octanol–water partition coefficient (Wildman–Crippen LogP) is 2.42. The fourth-order valence-corrected chi connectivity index (χ4v) is 2.24. The number of aromatic nitrogens is 3. The Hall–Kier alpha value is -2.37. The van der Waals surface area contributed by atoms with Crippen molar-refractivity contribution < 1.29 is 14.3 Å². The minimum absolute atomic E-state index is 0.0952. The molecule has 2 aromatic rings. The van der Waals surface area contributed by atoms with Gasteiger partial charge < -0.3 is 9.72 Å². The second-order valence-electron chi connectivity index (χ2n) is 5.28. The summed E-state index contributed by atoms with van der Waals surface area (Å²) >= 11 is 0. The number of ether oxygens (including phenoxy) is 1. The Labute approximate surface area is 121 Å². The van der Waals surface area contributed by atoms with Gasteiger partial charge in [0.2, 0.25) is 0 Å². The Morgan fingerprint density at radius 1 is 1.33 bits per heavy atom. The van der Waals surface area contributed by atoms with E-state index < -0.39 is 0 Å². The predicted molar refractivity (Wildman–Crippen MR) is 75.9 cm³/mol. The highest BCUT2D eigenvalue weighted by Gasteiger charge is 2.25. The average Bonchev–Trinajstić information content (AvgIpc) is 3.04. The highest BCUT2D eigenvalue weighted by Crippen LogP contribution is 2.39. The van der Waals surface area contributed by atoms with Crippen molar-refractivity contribution in [3.63, 3.8) is 0 Å². The summed E-state index contributed by atoms with van der Waals surface area (Å²) in [5, 5.41) is 7.32. The van der Waals surface area contributed by atoms with Gasteiger partial charge in [-0.15, -0.1) is 0 Å². The summed E-state index contributed by atoms with van der Waals surface area (Å²) in [6.45, 7) is 0. The van der Waals surface area contributed by atoms with Crippen LogP contribution in [0.15, 0.2) is 18.3 Å². The molecule has 2 heterocycles. The molecule has 1 aliphatic carbocycles. The monoisotopic (exact) mass is 287 g/mol. The van der Waals surface area contributed by atoms with Crippen LogP contribution in [-0.4, -0.2) is 34.0 Å². The van der Waals surface area contributed by atoms with Gasteiger partial charge in [-0.1, -0.05) is 0 Å². The van der Waals surface area contributed by atoms with Crippen LogP contribution in [0.2, 0.25) is 0 Å². The van der Waals surface area contributed by atoms with Gasteiger partial charge in [0, 0.05) is 29.8 Å². The average molecular weight is 287 g/mol. The maximum Gasteiger partial charge on any atom is 0.305 e.